The van der Waals surface area contributed by atoms with Crippen LogP contribution < -0.4 is 5.32 Å². The molecule has 5 nitrogen and oxygen atoms in total. The molecule has 3 aromatic rings. The number of rotatable bonds is 7. The van der Waals surface area contributed by atoms with Gasteiger partial charge in [-0.2, -0.15) is 0 Å². The highest BCUT2D eigenvalue weighted by Crippen LogP contribution is 2.27. The maximum absolute atomic E-state index is 12.3. The second-order valence-corrected chi connectivity index (χ2v) is 8.12. The first-order valence-corrected chi connectivity index (χ1v) is 10.7. The Morgan fingerprint density at radius 1 is 1.07 bits per heavy atom. The first-order chi connectivity index (χ1) is 13.5. The molecule has 2 aromatic carbocycles. The van der Waals surface area contributed by atoms with Gasteiger partial charge in [-0.3, -0.25) is 4.79 Å². The summed E-state index contributed by atoms with van der Waals surface area (Å²) in [5.74, 6) is 0.788. The third kappa shape index (κ3) is 5.20. The number of nitrogens with one attached hydrogen (secondary N) is 1. The van der Waals surface area contributed by atoms with Crippen molar-refractivity contribution in [1.82, 2.24) is 14.8 Å². The minimum atomic E-state index is -0.164. The zero-order valence-corrected chi connectivity index (χ0v) is 18.0. The SMILES string of the molecule is CCCn1c(SCC(=O)Nc2ccc(Cl)c(Cl)c2)nnc1-c1ccc(Cl)cc1. The van der Waals surface area contributed by atoms with Crippen molar-refractivity contribution in [2.24, 2.45) is 0 Å². The quantitative estimate of drug-likeness (QED) is 0.441. The minimum absolute atomic E-state index is 0.164. The summed E-state index contributed by atoms with van der Waals surface area (Å²) in [6.45, 7) is 2.83. The molecule has 3 rings (SSSR count). The topological polar surface area (TPSA) is 59.8 Å². The summed E-state index contributed by atoms with van der Waals surface area (Å²) in [6, 6.07) is 12.4. The van der Waals surface area contributed by atoms with Gasteiger partial charge >= 0.3 is 0 Å². The zero-order chi connectivity index (χ0) is 20.1. The average Bonchev–Trinajstić information content (AvgIpc) is 3.07. The van der Waals surface area contributed by atoms with Crippen molar-refractivity contribution in [3.05, 3.63) is 57.5 Å². The highest BCUT2D eigenvalue weighted by atomic mass is 35.5. The molecule has 1 aromatic heterocycles. The Bertz CT molecular complexity index is 976. The third-order valence-electron chi connectivity index (χ3n) is 3.80. The summed E-state index contributed by atoms with van der Waals surface area (Å²) in [6.07, 6.45) is 0.918. The Kier molecular flexibility index (Phi) is 7.24. The highest BCUT2D eigenvalue weighted by molar-refractivity contribution is 7.99. The maximum Gasteiger partial charge on any atom is 0.234 e. The third-order valence-corrected chi connectivity index (χ3v) is 5.76. The second kappa shape index (κ2) is 9.65. The van der Waals surface area contributed by atoms with Crippen molar-refractivity contribution in [2.75, 3.05) is 11.1 Å². The van der Waals surface area contributed by atoms with Crippen LogP contribution in [0.25, 0.3) is 11.4 Å². The lowest BCUT2D eigenvalue weighted by molar-refractivity contribution is -0.113. The van der Waals surface area contributed by atoms with E-state index in [0.717, 1.165) is 24.4 Å². The molecule has 146 valence electrons. The summed E-state index contributed by atoms with van der Waals surface area (Å²) in [4.78, 5) is 12.3. The standard InChI is InChI=1S/C19H17Cl3N4OS/c1-2-9-26-18(12-3-5-13(20)6-4-12)24-25-19(26)28-11-17(27)23-14-7-8-15(21)16(22)10-14/h3-8,10H,2,9,11H2,1H3,(H,23,27). The monoisotopic (exact) mass is 454 g/mol. The number of benzene rings is 2. The number of hydrogen-bond acceptors (Lipinski definition) is 4. The number of aromatic nitrogens is 3. The first-order valence-electron chi connectivity index (χ1n) is 8.54. The van der Waals surface area contributed by atoms with Crippen LogP contribution in [-0.2, 0) is 11.3 Å². The molecule has 0 saturated heterocycles. The van der Waals surface area contributed by atoms with Gasteiger partial charge in [0.05, 0.1) is 15.8 Å². The highest BCUT2D eigenvalue weighted by Gasteiger charge is 2.15. The zero-order valence-electron chi connectivity index (χ0n) is 15.0. The largest absolute Gasteiger partial charge is 0.325 e. The molecule has 1 amide bonds. The first kappa shape index (κ1) is 21.0. The predicted molar refractivity (Wildman–Crippen MR) is 117 cm³/mol. The van der Waals surface area contributed by atoms with Gasteiger partial charge in [0.1, 0.15) is 0 Å². The van der Waals surface area contributed by atoms with E-state index in [2.05, 4.69) is 22.4 Å². The Morgan fingerprint density at radius 2 is 1.82 bits per heavy atom. The van der Waals surface area contributed by atoms with Crippen molar-refractivity contribution in [2.45, 2.75) is 25.0 Å². The van der Waals surface area contributed by atoms with E-state index in [1.807, 2.05) is 28.8 Å². The van der Waals surface area contributed by atoms with Crippen molar-refractivity contribution >= 4 is 58.2 Å². The van der Waals surface area contributed by atoms with Crippen LogP contribution in [0.1, 0.15) is 13.3 Å². The lowest BCUT2D eigenvalue weighted by atomic mass is 10.2. The summed E-state index contributed by atoms with van der Waals surface area (Å²) < 4.78 is 2.01. The van der Waals surface area contributed by atoms with Crippen LogP contribution in [0.2, 0.25) is 15.1 Å². The molecule has 28 heavy (non-hydrogen) atoms. The Morgan fingerprint density at radius 3 is 2.50 bits per heavy atom. The van der Waals surface area contributed by atoms with Crippen molar-refractivity contribution in [1.29, 1.82) is 0 Å². The van der Waals surface area contributed by atoms with Crippen molar-refractivity contribution in [3.8, 4) is 11.4 Å². The number of amides is 1. The van der Waals surface area contributed by atoms with E-state index in [9.17, 15) is 4.79 Å². The van der Waals surface area contributed by atoms with Crippen molar-refractivity contribution < 1.29 is 4.79 Å². The lowest BCUT2D eigenvalue weighted by Crippen LogP contribution is -2.14. The van der Waals surface area contributed by atoms with E-state index in [1.165, 1.54) is 11.8 Å². The van der Waals surface area contributed by atoms with Crippen LogP contribution in [0.15, 0.2) is 47.6 Å². The Hall–Kier alpha value is -1.73. The second-order valence-electron chi connectivity index (χ2n) is 5.93. The van der Waals surface area contributed by atoms with Gasteiger partial charge in [-0.1, -0.05) is 53.5 Å². The molecular formula is C19H17Cl3N4OS. The molecule has 0 aliphatic carbocycles. The predicted octanol–water partition coefficient (Wildman–Crippen LogP) is 6.05. The number of nitrogens with zero attached hydrogens (tertiary/aromatic N) is 3. The number of carbonyl (C=O) groups excluding carboxylic acids is 1. The molecule has 0 aliphatic rings. The fraction of sp³-hybridized carbons (Fsp3) is 0.211. The number of anilines is 1. The minimum Gasteiger partial charge on any atom is -0.325 e. The van der Waals surface area contributed by atoms with E-state index in [4.69, 9.17) is 34.8 Å². The van der Waals surface area contributed by atoms with Gasteiger partial charge in [0.15, 0.2) is 11.0 Å². The molecule has 0 radical (unpaired) electrons. The Balaban J connectivity index is 1.70. The molecule has 0 bridgehead atoms. The molecule has 0 unspecified atom stereocenters. The van der Waals surface area contributed by atoms with Gasteiger partial charge in [0.25, 0.3) is 0 Å². The molecular weight excluding hydrogens is 439 g/mol. The molecule has 0 fully saturated rings. The number of thioether (sulfide) groups is 1. The number of hydrogen-bond donors (Lipinski definition) is 1. The van der Waals surface area contributed by atoms with E-state index >= 15 is 0 Å². The van der Waals surface area contributed by atoms with Crippen molar-refractivity contribution in [3.63, 3.8) is 0 Å². The smallest absolute Gasteiger partial charge is 0.234 e. The van der Waals surface area contributed by atoms with E-state index < -0.39 is 0 Å². The van der Waals surface area contributed by atoms with Gasteiger partial charge in [0.2, 0.25) is 5.91 Å². The summed E-state index contributed by atoms with van der Waals surface area (Å²) in [7, 11) is 0. The normalized spacial score (nSPS) is 10.9. The summed E-state index contributed by atoms with van der Waals surface area (Å²) in [5.41, 5.74) is 1.52. The van der Waals surface area contributed by atoms with Gasteiger partial charge in [-0.05, 0) is 48.9 Å². The van der Waals surface area contributed by atoms with Crippen LogP contribution in [-0.4, -0.2) is 26.4 Å². The van der Waals surface area contributed by atoms with E-state index in [-0.39, 0.29) is 11.7 Å². The summed E-state index contributed by atoms with van der Waals surface area (Å²) in [5, 5.41) is 13.6. The summed E-state index contributed by atoms with van der Waals surface area (Å²) >= 11 is 19.2. The molecule has 0 atom stereocenters. The van der Waals surface area contributed by atoms with E-state index in [0.29, 0.717) is 25.9 Å². The van der Waals surface area contributed by atoms with E-state index in [1.54, 1.807) is 18.2 Å². The van der Waals surface area contributed by atoms with Gasteiger partial charge < -0.3 is 9.88 Å². The molecule has 0 spiro atoms. The van der Waals surface area contributed by atoms with Crippen LogP contribution in [0.5, 0.6) is 0 Å². The van der Waals surface area contributed by atoms with Crippen LogP contribution >= 0.6 is 46.6 Å². The number of halogens is 3. The number of carbonyl (C=O) groups is 1. The fourth-order valence-corrected chi connectivity index (χ4v) is 3.72. The maximum atomic E-state index is 12.3. The molecule has 9 heteroatoms. The fourth-order valence-electron chi connectivity index (χ4n) is 2.53. The van der Waals surface area contributed by atoms with Crippen LogP contribution in [0, 0.1) is 0 Å². The molecule has 0 saturated carbocycles. The molecule has 1 N–H and O–H groups in total. The van der Waals surface area contributed by atoms with Crippen LogP contribution in [0.3, 0.4) is 0 Å². The van der Waals surface area contributed by atoms with Crippen LogP contribution in [0.4, 0.5) is 5.69 Å². The molecule has 1 heterocycles. The lowest BCUT2D eigenvalue weighted by Gasteiger charge is -2.09. The van der Waals surface area contributed by atoms with Gasteiger partial charge in [0, 0.05) is 22.8 Å². The Labute approximate surface area is 182 Å². The van der Waals surface area contributed by atoms with Gasteiger partial charge in [-0.15, -0.1) is 10.2 Å². The average molecular weight is 456 g/mol. The molecule has 0 aliphatic heterocycles. The van der Waals surface area contributed by atoms with Gasteiger partial charge in [-0.25, -0.2) is 0 Å².